The molecule has 8 nitrogen and oxygen atoms in total. The Morgan fingerprint density at radius 3 is 2.39 bits per heavy atom. The highest BCUT2D eigenvalue weighted by molar-refractivity contribution is 5.69. The Morgan fingerprint density at radius 1 is 1.12 bits per heavy atom. The van der Waals surface area contributed by atoms with E-state index in [1.807, 2.05) is 35.4 Å². The molecule has 3 fully saturated rings. The lowest BCUT2D eigenvalue weighted by Crippen LogP contribution is -2.65. The summed E-state index contributed by atoms with van der Waals surface area (Å²) in [6.07, 6.45) is 1.84. The van der Waals surface area contributed by atoms with Crippen molar-refractivity contribution in [1.29, 1.82) is 0 Å². The number of likely N-dealkylation sites (tertiary alicyclic amines) is 2. The molecule has 3 heterocycles. The third-order valence-electron chi connectivity index (χ3n) is 8.37. The lowest BCUT2D eigenvalue weighted by Gasteiger charge is -2.51. The predicted molar refractivity (Wildman–Crippen MR) is 150 cm³/mol. The summed E-state index contributed by atoms with van der Waals surface area (Å²) in [4.78, 5) is 27.3. The first-order chi connectivity index (χ1) is 19.2. The fourth-order valence-corrected chi connectivity index (χ4v) is 6.22. The van der Waals surface area contributed by atoms with Crippen LogP contribution in [0.5, 0.6) is 0 Å². The Balaban J connectivity index is 1.39. The number of halogens is 2. The first-order valence-electron chi connectivity index (χ1n) is 14.3. The zero-order valence-corrected chi connectivity index (χ0v) is 24.8. The van der Waals surface area contributed by atoms with Gasteiger partial charge in [-0.05, 0) is 82.7 Å². The summed E-state index contributed by atoms with van der Waals surface area (Å²) in [5.41, 5.74) is 3.05. The van der Waals surface area contributed by atoms with Crippen molar-refractivity contribution in [2.75, 3.05) is 39.8 Å². The molecule has 1 spiro atoms. The molecule has 2 aromatic rings. The van der Waals surface area contributed by atoms with E-state index in [-0.39, 0.29) is 31.3 Å². The van der Waals surface area contributed by atoms with Crippen molar-refractivity contribution in [1.82, 2.24) is 19.6 Å². The maximum atomic E-state index is 15.3. The number of alkyl halides is 2. The van der Waals surface area contributed by atoms with Crippen LogP contribution in [0.4, 0.5) is 13.6 Å². The monoisotopic (exact) mass is 570 g/mol. The number of carbonyl (C=O) groups is 1. The second-order valence-corrected chi connectivity index (χ2v) is 13.1. The number of hydrogen-bond donors (Lipinski definition) is 0. The van der Waals surface area contributed by atoms with E-state index < -0.39 is 29.6 Å². The standard InChI is InChI=1S/C31H40F2N4O4/c1-20-9-21(2)37(34-20)26-11-23(22-7-8-22)10-24(12-26)25(13-27(15-38)40-6)14-35-16-30(17-35)18-36(19-31(30,32)33)28(39)41-29(3,4)5/h9-12,22,25H,7-8,13-14,16-19H2,1-6H3/t25-/m1/s1. The number of methoxy groups -OCH3 is 1. The number of aryl methyl sites for hydroxylation is 2. The molecule has 1 aromatic carbocycles. The number of allylic oxidation sites excluding steroid dienone is 1. The van der Waals surface area contributed by atoms with Gasteiger partial charge in [0.2, 0.25) is 0 Å². The first kappa shape index (κ1) is 29.3. The molecule has 1 amide bonds. The molecular formula is C31H40F2N4O4. The van der Waals surface area contributed by atoms with E-state index in [9.17, 15) is 9.59 Å². The van der Waals surface area contributed by atoms with Gasteiger partial charge in [-0.15, -0.1) is 0 Å². The van der Waals surface area contributed by atoms with Crippen LogP contribution in [0.15, 0.2) is 30.0 Å². The molecule has 222 valence electrons. The van der Waals surface area contributed by atoms with Crippen molar-refractivity contribution in [2.24, 2.45) is 5.41 Å². The molecule has 2 saturated heterocycles. The van der Waals surface area contributed by atoms with Gasteiger partial charge in [0.15, 0.2) is 11.7 Å². The van der Waals surface area contributed by atoms with Crippen molar-refractivity contribution in [2.45, 2.75) is 77.2 Å². The van der Waals surface area contributed by atoms with Crippen LogP contribution in [0.25, 0.3) is 5.69 Å². The normalized spacial score (nSPS) is 20.4. The van der Waals surface area contributed by atoms with Crippen LogP contribution in [0.2, 0.25) is 0 Å². The van der Waals surface area contributed by atoms with Crippen molar-refractivity contribution in [3.05, 3.63) is 52.5 Å². The summed E-state index contributed by atoms with van der Waals surface area (Å²) in [6, 6.07) is 8.46. The van der Waals surface area contributed by atoms with Crippen molar-refractivity contribution in [3.8, 4) is 5.69 Å². The van der Waals surface area contributed by atoms with Gasteiger partial charge < -0.3 is 19.3 Å². The number of hydrogen-bond acceptors (Lipinski definition) is 6. The Hall–Kier alpha value is -3.23. The molecule has 10 heteroatoms. The third-order valence-corrected chi connectivity index (χ3v) is 8.37. The minimum atomic E-state index is -3.02. The highest BCUT2D eigenvalue weighted by Crippen LogP contribution is 2.51. The minimum absolute atomic E-state index is 0.0487. The number of rotatable bonds is 8. The van der Waals surface area contributed by atoms with Crippen LogP contribution in [0.1, 0.15) is 74.4 Å². The summed E-state index contributed by atoms with van der Waals surface area (Å²) in [7, 11) is 1.45. The summed E-state index contributed by atoms with van der Waals surface area (Å²) >= 11 is 0. The van der Waals surface area contributed by atoms with Crippen LogP contribution >= 0.6 is 0 Å². The number of nitrogens with zero attached hydrogens (tertiary/aromatic N) is 4. The Bertz CT molecular complexity index is 1360. The highest BCUT2D eigenvalue weighted by atomic mass is 19.3. The Morgan fingerprint density at radius 2 is 1.83 bits per heavy atom. The Labute approximate surface area is 240 Å². The van der Waals surface area contributed by atoms with E-state index >= 15 is 8.78 Å². The molecule has 1 saturated carbocycles. The van der Waals surface area contributed by atoms with Crippen LogP contribution in [0, 0.1) is 19.3 Å². The molecule has 1 aromatic heterocycles. The summed E-state index contributed by atoms with van der Waals surface area (Å²) in [5, 5.41) is 4.68. The first-order valence-corrected chi connectivity index (χ1v) is 14.3. The average molecular weight is 571 g/mol. The average Bonchev–Trinajstić information content (AvgIpc) is 3.60. The van der Waals surface area contributed by atoms with Gasteiger partial charge in [-0.2, -0.15) is 5.10 Å². The number of benzene rings is 1. The van der Waals surface area contributed by atoms with E-state index in [0.717, 1.165) is 40.4 Å². The second kappa shape index (κ2) is 10.6. The number of ether oxygens (including phenoxy) is 2. The third kappa shape index (κ3) is 6.04. The Kier molecular flexibility index (Phi) is 7.53. The van der Waals surface area contributed by atoms with Gasteiger partial charge in [0.05, 0.1) is 30.5 Å². The molecular weight excluding hydrogens is 530 g/mol. The van der Waals surface area contributed by atoms with Crippen molar-refractivity contribution >= 4 is 12.0 Å². The van der Waals surface area contributed by atoms with E-state index in [2.05, 4.69) is 23.3 Å². The van der Waals surface area contributed by atoms with Crippen molar-refractivity contribution in [3.63, 3.8) is 0 Å². The SMILES string of the molecule is COC(=C=O)C[C@H](CN1CC2(C1)CN(C(=O)OC(C)(C)C)CC2(F)F)c1cc(C2CC2)cc(-n2nc(C)cc2C)c1. The van der Waals surface area contributed by atoms with Gasteiger partial charge in [0.25, 0.3) is 5.92 Å². The van der Waals surface area contributed by atoms with Crippen LogP contribution < -0.4 is 0 Å². The van der Waals surface area contributed by atoms with Crippen LogP contribution in [0.3, 0.4) is 0 Å². The van der Waals surface area contributed by atoms with Crippen LogP contribution in [-0.4, -0.2) is 83.0 Å². The fraction of sp³-hybridized carbons (Fsp3) is 0.613. The zero-order valence-electron chi connectivity index (χ0n) is 24.8. The van der Waals surface area contributed by atoms with E-state index in [1.54, 1.807) is 20.8 Å². The zero-order chi connectivity index (χ0) is 29.7. The highest BCUT2D eigenvalue weighted by Gasteiger charge is 2.66. The van der Waals surface area contributed by atoms with Gasteiger partial charge in [-0.3, -0.25) is 0 Å². The lowest BCUT2D eigenvalue weighted by atomic mass is 9.75. The van der Waals surface area contributed by atoms with Crippen LogP contribution in [-0.2, 0) is 14.3 Å². The molecule has 2 aliphatic heterocycles. The summed E-state index contributed by atoms with van der Waals surface area (Å²) < 4.78 is 43.2. The maximum absolute atomic E-state index is 15.3. The number of amides is 1. The second-order valence-electron chi connectivity index (χ2n) is 13.1. The number of carbonyl (C=O) groups excluding carboxylic acids is 2. The van der Waals surface area contributed by atoms with Gasteiger partial charge in [-0.25, -0.2) is 23.1 Å². The minimum Gasteiger partial charge on any atom is -0.490 e. The van der Waals surface area contributed by atoms with E-state index in [0.29, 0.717) is 18.9 Å². The quantitative estimate of drug-likeness (QED) is 0.313. The molecule has 5 rings (SSSR count). The van der Waals surface area contributed by atoms with Gasteiger partial charge in [0.1, 0.15) is 5.60 Å². The molecule has 1 atom stereocenters. The van der Waals surface area contributed by atoms with E-state index in [4.69, 9.17) is 9.47 Å². The smallest absolute Gasteiger partial charge is 0.410 e. The van der Waals surface area contributed by atoms with Gasteiger partial charge in [0, 0.05) is 44.2 Å². The molecule has 3 aliphatic rings. The van der Waals surface area contributed by atoms with Crippen molar-refractivity contribution < 1.29 is 27.8 Å². The molecule has 1 aliphatic carbocycles. The maximum Gasteiger partial charge on any atom is 0.410 e. The molecule has 0 bridgehead atoms. The molecule has 41 heavy (non-hydrogen) atoms. The molecule has 0 N–H and O–H groups in total. The summed E-state index contributed by atoms with van der Waals surface area (Å²) in [5.74, 6) is -0.633. The molecule has 0 radical (unpaired) electrons. The van der Waals surface area contributed by atoms with Gasteiger partial charge >= 0.3 is 6.09 Å². The largest absolute Gasteiger partial charge is 0.490 e. The number of aromatic nitrogens is 2. The topological polar surface area (TPSA) is 76.9 Å². The lowest BCUT2D eigenvalue weighted by molar-refractivity contribution is -0.157. The van der Waals surface area contributed by atoms with E-state index in [1.165, 1.54) is 12.7 Å². The summed E-state index contributed by atoms with van der Waals surface area (Å²) in [6.45, 7) is 9.21. The van der Waals surface area contributed by atoms with Gasteiger partial charge in [-0.1, -0.05) is 6.07 Å². The molecule has 0 unspecified atom stereocenters. The predicted octanol–water partition coefficient (Wildman–Crippen LogP) is 5.39. The fourth-order valence-electron chi connectivity index (χ4n) is 6.22.